The monoisotopic (exact) mass is 456 g/mol. The average molecular weight is 457 g/mol. The fraction of sp³-hybridized carbons (Fsp3) is 0.222. The first-order chi connectivity index (χ1) is 16.2. The Hall–Kier alpha value is -3.38. The molecule has 0 fully saturated rings. The molecule has 0 aliphatic carbocycles. The van der Waals surface area contributed by atoms with E-state index in [-0.39, 0.29) is 11.8 Å². The summed E-state index contributed by atoms with van der Waals surface area (Å²) in [5.74, 6) is 1.41. The Balaban J connectivity index is 1.32. The molecule has 4 rings (SSSR count). The second-order valence-corrected chi connectivity index (χ2v) is 8.85. The minimum Gasteiger partial charge on any atom is -0.355 e. The van der Waals surface area contributed by atoms with Crippen LogP contribution in [0.5, 0.6) is 0 Å². The number of benzene rings is 3. The van der Waals surface area contributed by atoms with Crippen LogP contribution in [0.3, 0.4) is 0 Å². The Morgan fingerprint density at radius 2 is 1.45 bits per heavy atom. The van der Waals surface area contributed by atoms with Crippen molar-refractivity contribution >= 4 is 17.7 Å². The highest BCUT2D eigenvalue weighted by molar-refractivity contribution is 7.99. The van der Waals surface area contributed by atoms with Crippen LogP contribution in [0.1, 0.15) is 34.9 Å². The molecule has 33 heavy (non-hydrogen) atoms. The van der Waals surface area contributed by atoms with Gasteiger partial charge < -0.3 is 9.88 Å². The molecule has 0 aliphatic rings. The van der Waals surface area contributed by atoms with Gasteiger partial charge in [-0.05, 0) is 30.0 Å². The van der Waals surface area contributed by atoms with E-state index in [1.54, 1.807) is 0 Å². The van der Waals surface area contributed by atoms with Crippen molar-refractivity contribution in [3.63, 3.8) is 0 Å². The van der Waals surface area contributed by atoms with E-state index in [2.05, 4.69) is 76.2 Å². The zero-order valence-electron chi connectivity index (χ0n) is 18.7. The van der Waals surface area contributed by atoms with E-state index in [9.17, 15) is 4.79 Å². The predicted octanol–water partition coefficient (Wildman–Crippen LogP) is 5.07. The summed E-state index contributed by atoms with van der Waals surface area (Å²) in [5, 5.41) is 12.3. The first-order valence-electron chi connectivity index (χ1n) is 11.1. The fourth-order valence-electron chi connectivity index (χ4n) is 3.85. The summed E-state index contributed by atoms with van der Waals surface area (Å²) in [4.78, 5) is 12.6. The Morgan fingerprint density at radius 1 is 0.879 bits per heavy atom. The van der Waals surface area contributed by atoms with E-state index in [4.69, 9.17) is 0 Å². The maximum absolute atomic E-state index is 12.6. The lowest BCUT2D eigenvalue weighted by Gasteiger charge is -2.18. The first kappa shape index (κ1) is 22.8. The third kappa shape index (κ3) is 6.33. The average Bonchev–Trinajstić information content (AvgIpc) is 3.21. The Labute approximate surface area is 199 Å². The molecule has 4 aromatic rings. The van der Waals surface area contributed by atoms with Gasteiger partial charge in [-0.2, -0.15) is 0 Å². The van der Waals surface area contributed by atoms with Gasteiger partial charge in [-0.15, -0.1) is 10.2 Å². The van der Waals surface area contributed by atoms with Crippen molar-refractivity contribution in [2.75, 3.05) is 12.3 Å². The molecule has 0 saturated carbocycles. The molecule has 1 amide bonds. The van der Waals surface area contributed by atoms with Gasteiger partial charge in [-0.1, -0.05) is 103 Å². The maximum Gasteiger partial charge on any atom is 0.230 e. The second-order valence-electron chi connectivity index (χ2n) is 7.90. The minimum atomic E-state index is 0.00628. The number of rotatable bonds is 10. The highest BCUT2D eigenvalue weighted by atomic mass is 32.2. The number of hydrogen-bond donors (Lipinski definition) is 1. The van der Waals surface area contributed by atoms with Gasteiger partial charge >= 0.3 is 0 Å². The predicted molar refractivity (Wildman–Crippen MR) is 133 cm³/mol. The molecule has 5 nitrogen and oxygen atoms in total. The summed E-state index contributed by atoms with van der Waals surface area (Å²) < 4.78 is 2.05. The first-order valence-corrected chi connectivity index (χ1v) is 12.1. The van der Waals surface area contributed by atoms with Crippen LogP contribution in [0.25, 0.3) is 0 Å². The largest absolute Gasteiger partial charge is 0.355 e. The van der Waals surface area contributed by atoms with Crippen LogP contribution < -0.4 is 5.32 Å². The van der Waals surface area contributed by atoms with Gasteiger partial charge in [0.25, 0.3) is 0 Å². The number of carbonyl (C=O) groups excluding carboxylic acids is 1. The van der Waals surface area contributed by atoms with Crippen molar-refractivity contribution in [2.24, 2.45) is 0 Å². The Bertz CT molecular complexity index is 1110. The number of hydrogen-bond acceptors (Lipinski definition) is 4. The molecule has 0 saturated heterocycles. The molecule has 0 unspecified atom stereocenters. The normalized spacial score (nSPS) is 11.0. The molecule has 0 aliphatic heterocycles. The topological polar surface area (TPSA) is 59.8 Å². The van der Waals surface area contributed by atoms with Gasteiger partial charge in [0.1, 0.15) is 5.82 Å². The SMILES string of the molecule is Cc1nnc(SCC(=O)NCCC(c2ccccc2)c2ccccc2)n1Cc1ccccc1. The Morgan fingerprint density at radius 3 is 2.06 bits per heavy atom. The van der Waals surface area contributed by atoms with Crippen molar-refractivity contribution in [3.05, 3.63) is 114 Å². The molecule has 0 spiro atoms. The zero-order chi connectivity index (χ0) is 22.9. The smallest absolute Gasteiger partial charge is 0.230 e. The van der Waals surface area contributed by atoms with Gasteiger partial charge in [-0.3, -0.25) is 4.79 Å². The van der Waals surface area contributed by atoms with E-state index in [0.717, 1.165) is 17.4 Å². The summed E-state index contributed by atoms with van der Waals surface area (Å²) in [6.07, 6.45) is 0.841. The van der Waals surface area contributed by atoms with E-state index in [0.29, 0.717) is 18.8 Å². The summed E-state index contributed by atoms with van der Waals surface area (Å²) >= 11 is 1.42. The van der Waals surface area contributed by atoms with Gasteiger partial charge in [0.15, 0.2) is 5.16 Å². The third-order valence-corrected chi connectivity index (χ3v) is 6.54. The number of aromatic nitrogens is 3. The van der Waals surface area contributed by atoms with Crippen LogP contribution in [-0.4, -0.2) is 33.0 Å². The fourth-order valence-corrected chi connectivity index (χ4v) is 4.66. The molecule has 1 aromatic heterocycles. The highest BCUT2D eigenvalue weighted by Crippen LogP contribution is 2.27. The number of aryl methyl sites for hydroxylation is 1. The molecule has 1 N–H and O–H groups in total. The van der Waals surface area contributed by atoms with Crippen LogP contribution in [0.4, 0.5) is 0 Å². The molecule has 1 heterocycles. The summed E-state index contributed by atoms with van der Waals surface area (Å²) in [6.45, 7) is 3.25. The molecular formula is C27H28N4OS. The van der Waals surface area contributed by atoms with Gasteiger partial charge in [0.2, 0.25) is 5.91 Å². The standard InChI is InChI=1S/C27H28N4OS/c1-21-29-30-27(31(21)19-22-11-5-2-6-12-22)33-20-26(32)28-18-17-25(23-13-7-3-8-14-23)24-15-9-4-10-16-24/h2-16,25H,17-20H2,1H3,(H,28,32). The van der Waals surface area contributed by atoms with Crippen LogP contribution in [0, 0.1) is 6.92 Å². The zero-order valence-corrected chi connectivity index (χ0v) is 19.5. The lowest BCUT2D eigenvalue weighted by atomic mass is 9.88. The third-order valence-electron chi connectivity index (χ3n) is 5.58. The summed E-state index contributed by atoms with van der Waals surface area (Å²) in [7, 11) is 0. The minimum absolute atomic E-state index is 0.00628. The van der Waals surface area contributed by atoms with Crippen LogP contribution in [0.2, 0.25) is 0 Å². The molecule has 0 bridgehead atoms. The van der Waals surface area contributed by atoms with Crippen molar-refractivity contribution in [1.82, 2.24) is 20.1 Å². The second kappa shape index (κ2) is 11.5. The van der Waals surface area contributed by atoms with Crippen molar-refractivity contribution < 1.29 is 4.79 Å². The molecule has 168 valence electrons. The molecule has 0 atom stereocenters. The van der Waals surface area contributed by atoms with Gasteiger partial charge in [-0.25, -0.2) is 0 Å². The van der Waals surface area contributed by atoms with Gasteiger partial charge in [0, 0.05) is 12.5 Å². The van der Waals surface area contributed by atoms with E-state index >= 15 is 0 Å². The molecule has 3 aromatic carbocycles. The van der Waals surface area contributed by atoms with Gasteiger partial charge in [0.05, 0.1) is 12.3 Å². The van der Waals surface area contributed by atoms with Crippen LogP contribution in [0.15, 0.2) is 96.2 Å². The molecule has 0 radical (unpaired) electrons. The van der Waals surface area contributed by atoms with Crippen LogP contribution >= 0.6 is 11.8 Å². The summed E-state index contributed by atoms with van der Waals surface area (Å²) in [6, 6.07) is 31.1. The van der Waals surface area contributed by atoms with E-state index < -0.39 is 0 Å². The quantitative estimate of drug-likeness (QED) is 0.339. The van der Waals surface area contributed by atoms with Crippen molar-refractivity contribution in [1.29, 1.82) is 0 Å². The van der Waals surface area contributed by atoms with Crippen molar-refractivity contribution in [3.8, 4) is 0 Å². The van der Waals surface area contributed by atoms with E-state index in [1.807, 2.05) is 41.8 Å². The lowest BCUT2D eigenvalue weighted by Crippen LogP contribution is -2.27. The number of carbonyl (C=O) groups is 1. The number of amides is 1. The van der Waals surface area contributed by atoms with Crippen LogP contribution in [-0.2, 0) is 11.3 Å². The lowest BCUT2D eigenvalue weighted by molar-refractivity contribution is -0.118. The number of thioether (sulfide) groups is 1. The number of nitrogens with zero attached hydrogens (tertiary/aromatic N) is 3. The van der Waals surface area contributed by atoms with Crippen molar-refractivity contribution in [2.45, 2.75) is 31.0 Å². The highest BCUT2D eigenvalue weighted by Gasteiger charge is 2.15. The van der Waals surface area contributed by atoms with E-state index in [1.165, 1.54) is 28.5 Å². The Kier molecular flexibility index (Phi) is 7.93. The number of nitrogens with one attached hydrogen (secondary N) is 1. The molecular weight excluding hydrogens is 428 g/mol. The summed E-state index contributed by atoms with van der Waals surface area (Å²) in [5.41, 5.74) is 3.70. The molecule has 6 heteroatoms. The maximum atomic E-state index is 12.6.